The third-order valence-electron chi connectivity index (χ3n) is 5.37. The highest BCUT2D eigenvalue weighted by Gasteiger charge is 2.68. The van der Waals surface area contributed by atoms with Crippen LogP contribution in [0.2, 0.25) is 0 Å². The number of aromatic amines is 1. The number of ketones is 1. The number of carbonyl (C=O) groups is 2. The summed E-state index contributed by atoms with van der Waals surface area (Å²) >= 11 is 0. The van der Waals surface area contributed by atoms with Gasteiger partial charge in [-0.1, -0.05) is 18.2 Å². The molecular weight excluding hydrogens is 266 g/mol. The predicted octanol–water partition coefficient (Wildman–Crippen LogP) is 3.08. The highest BCUT2D eigenvalue weighted by molar-refractivity contribution is 6.12. The fourth-order valence-electron chi connectivity index (χ4n) is 4.36. The van der Waals surface area contributed by atoms with E-state index >= 15 is 0 Å². The monoisotopic (exact) mass is 283 g/mol. The minimum absolute atomic E-state index is 0.151. The SMILES string of the molecule is COC(=O)[C@]12CC[C@](C(=O)c3c[nH]c4ccccc34)(C1)C2. The summed E-state index contributed by atoms with van der Waals surface area (Å²) in [4.78, 5) is 28.0. The number of aromatic nitrogens is 1. The van der Waals surface area contributed by atoms with Gasteiger partial charge in [-0.3, -0.25) is 9.59 Å². The maximum absolute atomic E-state index is 13.0. The van der Waals surface area contributed by atoms with Crippen molar-refractivity contribution in [3.63, 3.8) is 0 Å². The number of hydrogen-bond acceptors (Lipinski definition) is 3. The Balaban J connectivity index is 1.67. The van der Waals surface area contributed by atoms with Crippen molar-refractivity contribution in [2.45, 2.75) is 25.7 Å². The average molecular weight is 283 g/mol. The van der Waals surface area contributed by atoms with Gasteiger partial charge in [0.1, 0.15) is 0 Å². The molecule has 3 fully saturated rings. The van der Waals surface area contributed by atoms with Crippen LogP contribution in [0, 0.1) is 10.8 Å². The molecule has 1 aromatic heterocycles. The highest BCUT2D eigenvalue weighted by atomic mass is 16.5. The molecule has 5 rings (SSSR count). The van der Waals surface area contributed by atoms with Gasteiger partial charge in [0, 0.05) is 28.1 Å². The van der Waals surface area contributed by atoms with E-state index in [2.05, 4.69) is 4.98 Å². The second kappa shape index (κ2) is 3.97. The Morgan fingerprint density at radius 2 is 1.86 bits per heavy atom. The lowest BCUT2D eigenvalue weighted by Crippen LogP contribution is -2.47. The van der Waals surface area contributed by atoms with Gasteiger partial charge in [0.25, 0.3) is 0 Å². The van der Waals surface area contributed by atoms with Gasteiger partial charge in [-0.05, 0) is 31.7 Å². The lowest BCUT2D eigenvalue weighted by molar-refractivity contribution is -0.159. The van der Waals surface area contributed by atoms with E-state index in [4.69, 9.17) is 4.74 Å². The molecule has 0 unspecified atom stereocenters. The van der Waals surface area contributed by atoms with Crippen LogP contribution in [0.5, 0.6) is 0 Å². The summed E-state index contributed by atoms with van der Waals surface area (Å²) in [6, 6.07) is 7.83. The van der Waals surface area contributed by atoms with E-state index in [-0.39, 0.29) is 17.2 Å². The molecule has 3 saturated carbocycles. The van der Waals surface area contributed by atoms with Crippen LogP contribution in [0.1, 0.15) is 36.0 Å². The number of ether oxygens (including phenoxy) is 1. The number of rotatable bonds is 3. The summed E-state index contributed by atoms with van der Waals surface area (Å²) in [5.41, 5.74) is 0.995. The summed E-state index contributed by atoms with van der Waals surface area (Å²) < 4.78 is 4.90. The van der Waals surface area contributed by atoms with E-state index in [9.17, 15) is 9.59 Å². The smallest absolute Gasteiger partial charge is 0.311 e. The number of H-pyrrole nitrogens is 1. The predicted molar refractivity (Wildman–Crippen MR) is 78.0 cm³/mol. The van der Waals surface area contributed by atoms with Gasteiger partial charge in [0.05, 0.1) is 12.5 Å². The van der Waals surface area contributed by atoms with Gasteiger partial charge in [0.15, 0.2) is 5.78 Å². The fourth-order valence-corrected chi connectivity index (χ4v) is 4.36. The van der Waals surface area contributed by atoms with Crippen molar-refractivity contribution >= 4 is 22.7 Å². The summed E-state index contributed by atoms with van der Waals surface area (Å²) in [5.74, 6) is 0.0272. The van der Waals surface area contributed by atoms with Crippen LogP contribution in [-0.2, 0) is 9.53 Å². The molecule has 2 aromatic rings. The Hall–Kier alpha value is -2.10. The molecule has 4 heteroatoms. The fraction of sp³-hybridized carbons (Fsp3) is 0.412. The lowest BCUT2D eigenvalue weighted by Gasteiger charge is -2.44. The number of Topliss-reactive ketones (excluding diaryl/α,β-unsaturated/α-hetero) is 1. The van der Waals surface area contributed by atoms with Gasteiger partial charge < -0.3 is 9.72 Å². The average Bonchev–Trinajstić information content (AvgIpc) is 3.16. The molecule has 0 amide bonds. The number of esters is 1. The molecule has 3 aliphatic rings. The van der Waals surface area contributed by atoms with Crippen molar-refractivity contribution in [2.24, 2.45) is 10.8 Å². The number of methoxy groups -OCH3 is 1. The molecule has 0 aliphatic heterocycles. The van der Waals surface area contributed by atoms with Crippen LogP contribution in [0.3, 0.4) is 0 Å². The number of carbonyl (C=O) groups excluding carboxylic acids is 2. The molecule has 3 aliphatic carbocycles. The topological polar surface area (TPSA) is 59.2 Å². The van der Waals surface area contributed by atoms with Crippen molar-refractivity contribution < 1.29 is 14.3 Å². The molecule has 1 aromatic carbocycles. The quantitative estimate of drug-likeness (QED) is 0.695. The van der Waals surface area contributed by atoms with Crippen molar-refractivity contribution in [1.29, 1.82) is 0 Å². The van der Waals surface area contributed by atoms with Gasteiger partial charge in [-0.15, -0.1) is 0 Å². The Bertz CT molecular complexity index is 752. The minimum atomic E-state index is -0.392. The molecule has 21 heavy (non-hydrogen) atoms. The Labute approximate surface area is 122 Å². The second-order valence-electron chi connectivity index (χ2n) is 6.48. The van der Waals surface area contributed by atoms with Crippen molar-refractivity contribution in [2.75, 3.05) is 7.11 Å². The van der Waals surface area contributed by atoms with Gasteiger partial charge in [-0.25, -0.2) is 0 Å². The zero-order valence-corrected chi connectivity index (χ0v) is 11.9. The zero-order chi connectivity index (χ0) is 14.7. The van der Waals surface area contributed by atoms with E-state index in [0.717, 1.165) is 29.3 Å². The Kier molecular flexibility index (Phi) is 2.39. The summed E-state index contributed by atoms with van der Waals surface area (Å²) in [6.07, 6.45) is 4.66. The van der Waals surface area contributed by atoms with E-state index in [1.54, 1.807) is 6.20 Å². The van der Waals surface area contributed by atoms with Crippen LogP contribution in [0.15, 0.2) is 30.5 Å². The van der Waals surface area contributed by atoms with E-state index < -0.39 is 5.41 Å². The van der Waals surface area contributed by atoms with Crippen molar-refractivity contribution in [3.05, 3.63) is 36.0 Å². The molecular formula is C17H17NO3. The number of hydrogen-bond donors (Lipinski definition) is 1. The molecule has 1 heterocycles. The van der Waals surface area contributed by atoms with E-state index in [1.165, 1.54) is 7.11 Å². The lowest BCUT2D eigenvalue weighted by atomic mass is 9.57. The molecule has 2 bridgehead atoms. The van der Waals surface area contributed by atoms with Crippen LogP contribution in [0.4, 0.5) is 0 Å². The van der Waals surface area contributed by atoms with Gasteiger partial charge in [0.2, 0.25) is 0 Å². The van der Waals surface area contributed by atoms with E-state index in [1.807, 2.05) is 24.3 Å². The first-order chi connectivity index (χ1) is 10.1. The van der Waals surface area contributed by atoms with Gasteiger partial charge in [-0.2, -0.15) is 0 Å². The first-order valence-corrected chi connectivity index (χ1v) is 7.30. The Morgan fingerprint density at radius 1 is 1.14 bits per heavy atom. The molecule has 4 nitrogen and oxygen atoms in total. The molecule has 0 atom stereocenters. The summed E-state index contributed by atoms with van der Waals surface area (Å²) in [7, 11) is 1.43. The number of fused-ring (bicyclic) bond motifs is 2. The standard InChI is InChI=1S/C17H17NO3/c1-21-15(20)17-7-6-16(9-17,10-17)14(19)12-8-18-13-5-3-2-4-11(12)13/h2-5,8,18H,6-7,9-10H2,1H3/t16-,17+. The van der Waals surface area contributed by atoms with E-state index in [0.29, 0.717) is 12.8 Å². The summed E-state index contributed by atoms with van der Waals surface area (Å²) in [6.45, 7) is 0. The molecule has 0 saturated heterocycles. The van der Waals surface area contributed by atoms with Gasteiger partial charge >= 0.3 is 5.97 Å². The van der Waals surface area contributed by atoms with Crippen LogP contribution < -0.4 is 0 Å². The van der Waals surface area contributed by atoms with Crippen LogP contribution >= 0.6 is 0 Å². The number of benzene rings is 1. The molecule has 1 N–H and O–H groups in total. The normalized spacial score (nSPS) is 30.1. The highest BCUT2D eigenvalue weighted by Crippen LogP contribution is 2.68. The second-order valence-corrected chi connectivity index (χ2v) is 6.48. The molecule has 0 radical (unpaired) electrons. The largest absolute Gasteiger partial charge is 0.469 e. The van der Waals surface area contributed by atoms with Crippen molar-refractivity contribution in [3.8, 4) is 0 Å². The first kappa shape index (κ1) is 12.6. The number of para-hydroxylation sites is 1. The maximum Gasteiger partial charge on any atom is 0.311 e. The zero-order valence-electron chi connectivity index (χ0n) is 11.9. The third kappa shape index (κ3) is 1.50. The third-order valence-corrected chi connectivity index (χ3v) is 5.37. The van der Waals surface area contributed by atoms with Crippen LogP contribution in [-0.4, -0.2) is 23.8 Å². The minimum Gasteiger partial charge on any atom is -0.469 e. The molecule has 0 spiro atoms. The van der Waals surface area contributed by atoms with Crippen molar-refractivity contribution in [1.82, 2.24) is 4.98 Å². The first-order valence-electron chi connectivity index (χ1n) is 7.30. The molecule has 108 valence electrons. The summed E-state index contributed by atoms with van der Waals surface area (Å²) in [5, 5.41) is 0.972. The van der Waals surface area contributed by atoms with Crippen LogP contribution in [0.25, 0.3) is 10.9 Å². The maximum atomic E-state index is 13.0. The number of nitrogens with one attached hydrogen (secondary N) is 1. The Morgan fingerprint density at radius 3 is 2.62 bits per heavy atom.